The lowest BCUT2D eigenvalue weighted by atomic mass is 9.92. The maximum atomic E-state index is 13.3. The number of pyridine rings is 1. The number of fused-ring (bicyclic) bond motifs is 1. The molecule has 0 radical (unpaired) electrons. The molecule has 0 unspecified atom stereocenters. The van der Waals surface area contributed by atoms with Gasteiger partial charge in [0.15, 0.2) is 0 Å². The number of nitrogens with one attached hydrogen (secondary N) is 2. The molecule has 1 aliphatic rings. The Kier molecular flexibility index (Phi) is 6.85. The Balaban J connectivity index is 1.60. The number of primary amides is 1. The van der Waals surface area contributed by atoms with Crippen LogP contribution >= 0.6 is 0 Å². The van der Waals surface area contributed by atoms with Gasteiger partial charge in [-0.3, -0.25) is 10.00 Å². The number of hydrogen-bond acceptors (Lipinski definition) is 7. The number of aliphatic hydroxyl groups is 1. The fourth-order valence-corrected chi connectivity index (χ4v) is 4.06. The minimum atomic E-state index is -1.34. The van der Waals surface area contributed by atoms with Gasteiger partial charge in [0, 0.05) is 25.5 Å². The number of amides is 3. The number of nitrogens with zero attached hydrogens (tertiary/aromatic N) is 3. The molecule has 3 heterocycles. The van der Waals surface area contributed by atoms with Gasteiger partial charge in [0.25, 0.3) is 5.88 Å². The van der Waals surface area contributed by atoms with Crippen LogP contribution in [0.3, 0.4) is 0 Å². The molecule has 1 atom stereocenters. The van der Waals surface area contributed by atoms with E-state index in [9.17, 15) is 19.1 Å². The number of halogens is 1. The molecule has 1 fully saturated rings. The smallest absolute Gasteiger partial charge is 0.389 e. The summed E-state index contributed by atoms with van der Waals surface area (Å²) < 4.78 is 25.5. The molecule has 4 rings (SSSR count). The zero-order chi connectivity index (χ0) is 25.2. The van der Waals surface area contributed by atoms with Gasteiger partial charge in [0.2, 0.25) is 0 Å². The second-order valence-electron chi connectivity index (χ2n) is 8.84. The molecule has 35 heavy (non-hydrogen) atoms. The van der Waals surface area contributed by atoms with Crippen LogP contribution in [0.1, 0.15) is 44.3 Å². The molecule has 0 aliphatic carbocycles. The molecule has 186 valence electrons. The van der Waals surface area contributed by atoms with E-state index < -0.39 is 29.6 Å². The summed E-state index contributed by atoms with van der Waals surface area (Å²) in [6, 6.07) is 5.67. The number of carbonyl (C=O) groups excluding carboxylic acids is 2. The first-order valence-corrected chi connectivity index (χ1v) is 11.1. The van der Waals surface area contributed by atoms with Gasteiger partial charge >= 0.3 is 12.1 Å². The van der Waals surface area contributed by atoms with Crippen molar-refractivity contribution in [1.29, 1.82) is 0 Å². The SMILES string of the molecule is CC(C)(O)[C@@H](NC(=O)Nc1cc2c(cn1)c(OC(N)=O)nn2C1CCOCC1)c1ccc(F)cc1. The third kappa shape index (κ3) is 5.66. The summed E-state index contributed by atoms with van der Waals surface area (Å²) >= 11 is 0. The van der Waals surface area contributed by atoms with Gasteiger partial charge < -0.3 is 25.6 Å². The van der Waals surface area contributed by atoms with Crippen molar-refractivity contribution in [2.45, 2.75) is 44.4 Å². The number of ether oxygens (including phenoxy) is 2. The Morgan fingerprint density at radius 1 is 1.29 bits per heavy atom. The molecule has 11 nitrogen and oxygen atoms in total. The summed E-state index contributed by atoms with van der Waals surface area (Å²) in [7, 11) is 0. The number of benzene rings is 1. The lowest BCUT2D eigenvalue weighted by molar-refractivity contribution is 0.0415. The number of urea groups is 1. The van der Waals surface area contributed by atoms with Crippen molar-refractivity contribution in [3.05, 3.63) is 47.9 Å². The fraction of sp³-hybridized carbons (Fsp3) is 0.391. The van der Waals surface area contributed by atoms with Gasteiger partial charge in [-0.25, -0.2) is 19.0 Å². The van der Waals surface area contributed by atoms with Crippen LogP contribution in [0.4, 0.5) is 19.8 Å². The average Bonchev–Trinajstić information content (AvgIpc) is 3.15. The van der Waals surface area contributed by atoms with Crippen molar-refractivity contribution < 1.29 is 28.6 Å². The number of nitrogens with two attached hydrogens (primary N) is 1. The molecule has 5 N–H and O–H groups in total. The maximum Gasteiger partial charge on any atom is 0.411 e. The lowest BCUT2D eigenvalue weighted by Gasteiger charge is -2.30. The number of anilines is 1. The van der Waals surface area contributed by atoms with Gasteiger partial charge in [0.1, 0.15) is 11.6 Å². The second-order valence-corrected chi connectivity index (χ2v) is 8.84. The van der Waals surface area contributed by atoms with E-state index >= 15 is 0 Å². The summed E-state index contributed by atoms with van der Waals surface area (Å²) in [6.07, 6.45) is 1.86. The minimum Gasteiger partial charge on any atom is -0.389 e. The minimum absolute atomic E-state index is 0.00130. The highest BCUT2D eigenvalue weighted by atomic mass is 19.1. The third-order valence-corrected chi connectivity index (χ3v) is 5.72. The number of hydrogen-bond donors (Lipinski definition) is 4. The molecule has 1 saturated heterocycles. The van der Waals surface area contributed by atoms with Crippen molar-refractivity contribution >= 4 is 28.8 Å². The molecular formula is C23H27FN6O5. The van der Waals surface area contributed by atoms with Gasteiger partial charge in [-0.1, -0.05) is 12.1 Å². The Morgan fingerprint density at radius 2 is 1.97 bits per heavy atom. The van der Waals surface area contributed by atoms with E-state index in [1.54, 1.807) is 10.7 Å². The predicted octanol–water partition coefficient (Wildman–Crippen LogP) is 3.01. The van der Waals surface area contributed by atoms with E-state index in [0.29, 0.717) is 42.5 Å². The van der Waals surface area contributed by atoms with Gasteiger partial charge in [0.05, 0.1) is 28.6 Å². The van der Waals surface area contributed by atoms with Gasteiger partial charge in [-0.05, 0) is 44.4 Å². The van der Waals surface area contributed by atoms with Crippen LogP contribution in [0.2, 0.25) is 0 Å². The molecule has 2 aromatic heterocycles. The molecule has 12 heteroatoms. The Bertz CT molecular complexity index is 1220. The van der Waals surface area contributed by atoms with Crippen LogP contribution in [0.5, 0.6) is 5.88 Å². The largest absolute Gasteiger partial charge is 0.411 e. The molecule has 1 aromatic carbocycles. The topological polar surface area (TPSA) is 154 Å². The van der Waals surface area contributed by atoms with Crippen molar-refractivity contribution in [3.63, 3.8) is 0 Å². The summed E-state index contributed by atoms with van der Waals surface area (Å²) in [4.78, 5) is 28.4. The normalized spacial score (nSPS) is 15.5. The lowest BCUT2D eigenvalue weighted by Crippen LogP contribution is -2.44. The Hall–Kier alpha value is -3.77. The van der Waals surface area contributed by atoms with Crippen molar-refractivity contribution in [2.24, 2.45) is 5.73 Å². The van der Waals surface area contributed by atoms with E-state index in [2.05, 4.69) is 20.7 Å². The first-order valence-electron chi connectivity index (χ1n) is 11.1. The van der Waals surface area contributed by atoms with E-state index in [1.165, 1.54) is 44.3 Å². The van der Waals surface area contributed by atoms with Crippen LogP contribution in [-0.2, 0) is 4.74 Å². The van der Waals surface area contributed by atoms with E-state index in [1.807, 2.05) is 0 Å². The monoisotopic (exact) mass is 486 g/mol. The quantitative estimate of drug-likeness (QED) is 0.418. The number of rotatable bonds is 6. The molecule has 3 aromatic rings. The highest BCUT2D eigenvalue weighted by Crippen LogP contribution is 2.32. The second kappa shape index (κ2) is 9.84. The summed E-state index contributed by atoms with van der Waals surface area (Å²) in [5.41, 5.74) is 4.97. The van der Waals surface area contributed by atoms with Crippen molar-refractivity contribution in [3.8, 4) is 5.88 Å². The molecule has 0 saturated carbocycles. The Morgan fingerprint density at radius 3 is 2.60 bits per heavy atom. The first kappa shape index (κ1) is 24.4. The van der Waals surface area contributed by atoms with Gasteiger partial charge in [-0.2, -0.15) is 0 Å². The van der Waals surface area contributed by atoms with Crippen LogP contribution in [0, 0.1) is 5.82 Å². The number of aromatic nitrogens is 3. The Labute approximate surface area is 200 Å². The van der Waals surface area contributed by atoms with Crippen LogP contribution in [-0.4, -0.2) is 50.8 Å². The maximum absolute atomic E-state index is 13.3. The fourth-order valence-electron chi connectivity index (χ4n) is 4.06. The van der Waals surface area contributed by atoms with E-state index in [4.69, 9.17) is 15.2 Å². The van der Waals surface area contributed by atoms with E-state index in [-0.39, 0.29) is 17.7 Å². The summed E-state index contributed by atoms with van der Waals surface area (Å²) in [6.45, 7) is 4.22. The highest BCUT2D eigenvalue weighted by Gasteiger charge is 2.30. The number of carbonyl (C=O) groups is 2. The zero-order valence-electron chi connectivity index (χ0n) is 19.3. The molecule has 0 bridgehead atoms. The average molecular weight is 487 g/mol. The highest BCUT2D eigenvalue weighted by molar-refractivity contribution is 5.93. The third-order valence-electron chi connectivity index (χ3n) is 5.72. The molecular weight excluding hydrogens is 459 g/mol. The predicted molar refractivity (Wildman–Crippen MR) is 124 cm³/mol. The molecule has 0 spiro atoms. The molecule has 1 aliphatic heterocycles. The van der Waals surface area contributed by atoms with Crippen molar-refractivity contribution in [1.82, 2.24) is 20.1 Å². The zero-order valence-corrected chi connectivity index (χ0v) is 19.3. The van der Waals surface area contributed by atoms with Crippen LogP contribution < -0.4 is 21.1 Å². The van der Waals surface area contributed by atoms with Crippen LogP contribution in [0.15, 0.2) is 36.5 Å². The summed E-state index contributed by atoms with van der Waals surface area (Å²) in [5, 5.41) is 20.8. The molecule has 3 amide bonds. The van der Waals surface area contributed by atoms with Crippen molar-refractivity contribution in [2.75, 3.05) is 18.5 Å². The van der Waals surface area contributed by atoms with E-state index in [0.717, 1.165) is 0 Å². The summed E-state index contributed by atoms with van der Waals surface area (Å²) in [5.74, 6) is -0.186. The first-order chi connectivity index (χ1) is 16.6. The standard InChI is InChI=1S/C23H27FN6O5/c1-23(2,33)19(13-3-5-14(24)6-4-13)28-22(32)27-18-11-17-16(12-26-18)20(35-21(25)31)29-30(17)15-7-9-34-10-8-15/h3-6,11-12,15,19,33H,7-10H2,1-2H3,(H2,25,31)(H2,26,27,28,32)/t19-/m0/s1. The van der Waals surface area contributed by atoms with Crippen LogP contribution in [0.25, 0.3) is 10.9 Å². The van der Waals surface area contributed by atoms with Gasteiger partial charge in [-0.15, -0.1) is 5.10 Å².